The molecule has 0 unspecified atom stereocenters. The van der Waals surface area contributed by atoms with Crippen LogP contribution in [0.3, 0.4) is 0 Å². The summed E-state index contributed by atoms with van der Waals surface area (Å²) < 4.78 is 47.8. The zero-order valence-electron chi connectivity index (χ0n) is 15.7. The number of amides is 1. The number of benzene rings is 1. The summed E-state index contributed by atoms with van der Waals surface area (Å²) in [7, 11) is 0. The van der Waals surface area contributed by atoms with Crippen molar-refractivity contribution >= 4 is 23.9 Å². The zero-order valence-corrected chi connectivity index (χ0v) is 15.7. The molecule has 0 saturated heterocycles. The van der Waals surface area contributed by atoms with Crippen LogP contribution in [0.2, 0.25) is 0 Å². The third kappa shape index (κ3) is 6.49. The number of carbonyl (C=O) groups is 1. The number of nitrogen functional groups attached to an aromatic ring is 1. The average molecular weight is 399 g/mol. The Hall–Kier alpha value is -3.24. The number of halogens is 3. The molecule has 0 spiro atoms. The first-order chi connectivity index (χ1) is 12.8. The maximum Gasteiger partial charge on any atom is 0.573 e. The van der Waals surface area contributed by atoms with Gasteiger partial charge >= 0.3 is 12.5 Å². The van der Waals surface area contributed by atoms with Crippen molar-refractivity contribution in [3.8, 4) is 5.75 Å². The number of nitrogens with two attached hydrogens (primary N) is 1. The summed E-state index contributed by atoms with van der Waals surface area (Å²) in [6, 6.07) is 3.38. The summed E-state index contributed by atoms with van der Waals surface area (Å²) >= 11 is 0. The first-order valence-electron chi connectivity index (χ1n) is 8.08. The van der Waals surface area contributed by atoms with E-state index < -0.39 is 23.8 Å². The molecule has 8 nitrogen and oxygen atoms in total. The predicted molar refractivity (Wildman–Crippen MR) is 97.4 cm³/mol. The van der Waals surface area contributed by atoms with Crippen LogP contribution in [0.1, 0.15) is 32.0 Å². The van der Waals surface area contributed by atoms with Gasteiger partial charge in [-0.05, 0) is 45.9 Å². The van der Waals surface area contributed by atoms with Gasteiger partial charge in [-0.1, -0.05) is 0 Å². The lowest BCUT2D eigenvalue weighted by atomic mass is 10.2. The summed E-state index contributed by atoms with van der Waals surface area (Å²) in [5, 5.41) is 6.52. The van der Waals surface area contributed by atoms with E-state index in [0.717, 1.165) is 12.1 Å². The van der Waals surface area contributed by atoms with Crippen molar-refractivity contribution in [3.05, 3.63) is 35.7 Å². The maximum atomic E-state index is 12.5. The lowest BCUT2D eigenvalue weighted by molar-refractivity contribution is -0.274. The minimum atomic E-state index is -4.86. The van der Waals surface area contributed by atoms with E-state index in [9.17, 15) is 18.0 Å². The normalized spacial score (nSPS) is 12.2. The first kappa shape index (κ1) is 21.1. The van der Waals surface area contributed by atoms with Crippen LogP contribution in [-0.4, -0.2) is 33.9 Å². The van der Waals surface area contributed by atoms with Crippen LogP contribution in [0, 0.1) is 6.92 Å². The standard InChI is InChI=1S/C17H20F3N5O3/c1-10-9-25(14(21)23-10)22-8-11-7-12(27-17(18,19)20)5-6-13(11)24-15(26)28-16(2,3)4/h5-9H,1-4H3,(H2,21,23)(H,24,26). The number of ether oxygens (including phenoxy) is 2. The molecule has 0 radical (unpaired) electrons. The second-order valence-electron chi connectivity index (χ2n) is 6.75. The van der Waals surface area contributed by atoms with Crippen LogP contribution in [0.25, 0.3) is 0 Å². The number of anilines is 2. The number of nitrogens with zero attached hydrogens (tertiary/aromatic N) is 3. The van der Waals surface area contributed by atoms with Crippen LogP contribution < -0.4 is 15.8 Å². The van der Waals surface area contributed by atoms with Crippen molar-refractivity contribution in [2.45, 2.75) is 39.7 Å². The molecule has 0 saturated carbocycles. The molecular formula is C17H20F3N5O3. The van der Waals surface area contributed by atoms with Gasteiger partial charge in [0.05, 0.1) is 23.8 Å². The highest BCUT2D eigenvalue weighted by molar-refractivity contribution is 5.95. The largest absolute Gasteiger partial charge is 0.573 e. The predicted octanol–water partition coefficient (Wildman–Crippen LogP) is 3.90. The SMILES string of the molecule is Cc1cn(N=Cc2cc(OC(F)(F)F)ccc2NC(=O)OC(C)(C)C)c(N)n1. The second kappa shape index (κ2) is 7.79. The van der Waals surface area contributed by atoms with E-state index in [1.54, 1.807) is 27.7 Å². The number of aromatic nitrogens is 2. The summed E-state index contributed by atoms with van der Waals surface area (Å²) in [6.45, 7) is 6.74. The molecule has 0 aliphatic carbocycles. The topological polar surface area (TPSA) is 104 Å². The number of rotatable bonds is 4. The zero-order chi connectivity index (χ0) is 21.1. The highest BCUT2D eigenvalue weighted by Gasteiger charge is 2.31. The van der Waals surface area contributed by atoms with Gasteiger partial charge in [0.25, 0.3) is 0 Å². The fourth-order valence-electron chi connectivity index (χ4n) is 2.09. The van der Waals surface area contributed by atoms with Crippen LogP contribution in [0.5, 0.6) is 5.75 Å². The number of aryl methyl sites for hydroxylation is 1. The van der Waals surface area contributed by atoms with Crippen molar-refractivity contribution in [2.75, 3.05) is 11.1 Å². The highest BCUT2D eigenvalue weighted by Crippen LogP contribution is 2.27. The molecule has 1 amide bonds. The highest BCUT2D eigenvalue weighted by atomic mass is 19.4. The van der Waals surface area contributed by atoms with Crippen molar-refractivity contribution in [1.29, 1.82) is 0 Å². The molecule has 2 rings (SSSR count). The van der Waals surface area contributed by atoms with Gasteiger partial charge in [0.1, 0.15) is 11.4 Å². The molecule has 0 bridgehead atoms. The molecule has 0 aliphatic heterocycles. The fraction of sp³-hybridized carbons (Fsp3) is 0.353. The molecule has 11 heteroatoms. The van der Waals surface area contributed by atoms with Crippen LogP contribution in [0.15, 0.2) is 29.5 Å². The van der Waals surface area contributed by atoms with E-state index in [0.29, 0.717) is 5.69 Å². The Morgan fingerprint density at radius 1 is 1.32 bits per heavy atom. The van der Waals surface area contributed by atoms with Gasteiger partial charge in [0, 0.05) is 5.56 Å². The van der Waals surface area contributed by atoms with Crippen LogP contribution >= 0.6 is 0 Å². The van der Waals surface area contributed by atoms with E-state index >= 15 is 0 Å². The Kier molecular flexibility index (Phi) is 5.86. The average Bonchev–Trinajstić information content (AvgIpc) is 2.81. The number of alkyl halides is 3. The van der Waals surface area contributed by atoms with Crippen molar-refractivity contribution in [2.24, 2.45) is 5.10 Å². The van der Waals surface area contributed by atoms with E-state index in [4.69, 9.17) is 10.5 Å². The van der Waals surface area contributed by atoms with Gasteiger partial charge in [0.15, 0.2) is 0 Å². The minimum absolute atomic E-state index is 0.0955. The van der Waals surface area contributed by atoms with Gasteiger partial charge < -0.3 is 15.2 Å². The number of carbonyl (C=O) groups excluding carboxylic acids is 1. The Balaban J connectivity index is 2.35. The molecule has 0 fully saturated rings. The quantitative estimate of drug-likeness (QED) is 0.759. The lowest BCUT2D eigenvalue weighted by Gasteiger charge is -2.20. The number of nitrogens with one attached hydrogen (secondary N) is 1. The number of hydrogen-bond acceptors (Lipinski definition) is 6. The number of hydrogen-bond donors (Lipinski definition) is 2. The van der Waals surface area contributed by atoms with Crippen molar-refractivity contribution in [3.63, 3.8) is 0 Å². The summed E-state index contributed by atoms with van der Waals surface area (Å²) in [5.74, 6) is -0.378. The lowest BCUT2D eigenvalue weighted by Crippen LogP contribution is -2.27. The Labute approximate surface area is 159 Å². The fourth-order valence-corrected chi connectivity index (χ4v) is 2.09. The smallest absolute Gasteiger partial charge is 0.444 e. The third-order valence-corrected chi connectivity index (χ3v) is 3.05. The van der Waals surface area contributed by atoms with Crippen molar-refractivity contribution < 1.29 is 27.4 Å². The molecule has 28 heavy (non-hydrogen) atoms. The Morgan fingerprint density at radius 2 is 2.00 bits per heavy atom. The van der Waals surface area contributed by atoms with Crippen molar-refractivity contribution in [1.82, 2.24) is 9.66 Å². The summed E-state index contributed by atoms with van der Waals surface area (Å²) in [5.41, 5.74) is 5.85. The maximum absolute atomic E-state index is 12.5. The van der Waals surface area contributed by atoms with Gasteiger partial charge in [-0.25, -0.2) is 14.5 Å². The minimum Gasteiger partial charge on any atom is -0.444 e. The summed E-state index contributed by atoms with van der Waals surface area (Å²) in [4.78, 5) is 16.0. The van der Waals surface area contributed by atoms with Crippen LogP contribution in [0.4, 0.5) is 29.6 Å². The van der Waals surface area contributed by atoms with Gasteiger partial charge in [-0.15, -0.1) is 13.2 Å². The molecule has 0 aliphatic rings. The molecule has 2 aromatic rings. The first-order valence-corrected chi connectivity index (χ1v) is 8.08. The number of imidazole rings is 1. The van der Waals surface area contributed by atoms with Gasteiger partial charge in [-0.2, -0.15) is 5.10 Å². The Bertz CT molecular complexity index is 885. The second-order valence-corrected chi connectivity index (χ2v) is 6.75. The van der Waals surface area contributed by atoms with E-state index in [1.807, 2.05) is 0 Å². The van der Waals surface area contributed by atoms with E-state index in [1.165, 1.54) is 23.2 Å². The monoisotopic (exact) mass is 399 g/mol. The molecule has 1 heterocycles. The van der Waals surface area contributed by atoms with E-state index in [-0.39, 0.29) is 17.2 Å². The van der Waals surface area contributed by atoms with Crippen LogP contribution in [-0.2, 0) is 4.74 Å². The summed E-state index contributed by atoms with van der Waals surface area (Å²) in [6.07, 6.45) is -2.89. The van der Waals surface area contributed by atoms with E-state index in [2.05, 4.69) is 20.1 Å². The molecule has 1 aromatic heterocycles. The van der Waals surface area contributed by atoms with Gasteiger partial charge in [0.2, 0.25) is 5.95 Å². The Morgan fingerprint density at radius 3 is 2.54 bits per heavy atom. The molecule has 152 valence electrons. The molecule has 0 atom stereocenters. The van der Waals surface area contributed by atoms with Gasteiger partial charge in [-0.3, -0.25) is 5.32 Å². The molecular weight excluding hydrogens is 379 g/mol. The molecule has 1 aromatic carbocycles. The third-order valence-electron chi connectivity index (χ3n) is 3.05. The molecule has 3 N–H and O–H groups in total.